The van der Waals surface area contributed by atoms with Crippen molar-refractivity contribution in [2.45, 2.75) is 13.0 Å². The lowest BCUT2D eigenvalue weighted by Gasteiger charge is -2.17. The number of hydrogen-bond donors (Lipinski definition) is 1. The number of benzene rings is 1. The molecule has 2 heteroatoms. The molecule has 1 atom stereocenters. The molecule has 14 heavy (non-hydrogen) atoms. The van der Waals surface area contributed by atoms with Gasteiger partial charge in [-0.05, 0) is 30.2 Å². The maximum atomic E-state index is 5.93. The average Bonchev–Trinajstić information content (AvgIpc) is 2.17. The lowest BCUT2D eigenvalue weighted by molar-refractivity contribution is 0.900. The minimum atomic E-state index is -0.0742. The molecule has 0 aliphatic rings. The third kappa shape index (κ3) is 2.15. The van der Waals surface area contributed by atoms with Gasteiger partial charge in [0, 0.05) is 25.8 Å². The number of rotatable bonds is 3. The summed E-state index contributed by atoms with van der Waals surface area (Å²) in [6, 6.07) is 6.22. The van der Waals surface area contributed by atoms with Crippen molar-refractivity contribution >= 4 is 5.69 Å². The van der Waals surface area contributed by atoms with Crippen LogP contribution in [0.5, 0.6) is 0 Å². The fourth-order valence-corrected chi connectivity index (χ4v) is 1.39. The zero-order valence-corrected chi connectivity index (χ0v) is 9.12. The van der Waals surface area contributed by atoms with Gasteiger partial charge < -0.3 is 10.6 Å². The molecule has 1 aromatic carbocycles. The third-order valence-corrected chi connectivity index (χ3v) is 2.39. The van der Waals surface area contributed by atoms with E-state index in [0.717, 1.165) is 5.56 Å². The van der Waals surface area contributed by atoms with Crippen molar-refractivity contribution < 1.29 is 0 Å². The van der Waals surface area contributed by atoms with Crippen molar-refractivity contribution in [2.75, 3.05) is 19.0 Å². The minimum absolute atomic E-state index is 0.0742. The van der Waals surface area contributed by atoms with E-state index in [1.165, 1.54) is 11.3 Å². The van der Waals surface area contributed by atoms with E-state index in [4.69, 9.17) is 5.73 Å². The summed E-state index contributed by atoms with van der Waals surface area (Å²) in [4.78, 5) is 2.07. The first-order valence-corrected chi connectivity index (χ1v) is 4.72. The lowest BCUT2D eigenvalue weighted by atomic mass is 10.0. The van der Waals surface area contributed by atoms with Crippen molar-refractivity contribution in [1.29, 1.82) is 0 Å². The van der Waals surface area contributed by atoms with Crippen molar-refractivity contribution in [3.63, 3.8) is 0 Å². The average molecular weight is 190 g/mol. The minimum Gasteiger partial charge on any atom is -0.378 e. The first kappa shape index (κ1) is 10.8. The zero-order valence-electron chi connectivity index (χ0n) is 9.12. The molecule has 1 unspecified atom stereocenters. The normalized spacial score (nSPS) is 12.3. The smallest absolute Gasteiger partial charge is 0.0481 e. The van der Waals surface area contributed by atoms with Crippen LogP contribution in [-0.4, -0.2) is 14.1 Å². The molecule has 0 aliphatic carbocycles. The molecule has 0 saturated carbocycles. The highest BCUT2D eigenvalue weighted by Gasteiger charge is 2.06. The number of aryl methyl sites for hydroxylation is 1. The predicted octanol–water partition coefficient (Wildman–Crippen LogP) is 2.25. The summed E-state index contributed by atoms with van der Waals surface area (Å²) >= 11 is 0. The van der Waals surface area contributed by atoms with Crippen LogP contribution < -0.4 is 10.6 Å². The van der Waals surface area contributed by atoms with Crippen LogP contribution >= 0.6 is 0 Å². The van der Waals surface area contributed by atoms with Crippen molar-refractivity contribution in [3.8, 4) is 0 Å². The highest BCUT2D eigenvalue weighted by Crippen LogP contribution is 2.22. The van der Waals surface area contributed by atoms with Crippen LogP contribution in [-0.2, 0) is 0 Å². The van der Waals surface area contributed by atoms with E-state index in [9.17, 15) is 0 Å². The second kappa shape index (κ2) is 4.29. The summed E-state index contributed by atoms with van der Waals surface area (Å²) in [6.07, 6.45) is 1.77. The number of nitrogens with two attached hydrogens (primary N) is 1. The number of anilines is 1. The van der Waals surface area contributed by atoms with Crippen LogP contribution in [0.2, 0.25) is 0 Å². The second-order valence-electron chi connectivity index (χ2n) is 3.70. The van der Waals surface area contributed by atoms with Crippen molar-refractivity contribution in [1.82, 2.24) is 0 Å². The summed E-state index contributed by atoms with van der Waals surface area (Å²) in [6.45, 7) is 5.78. The molecule has 0 fully saturated rings. The molecule has 2 nitrogen and oxygen atoms in total. The van der Waals surface area contributed by atoms with Gasteiger partial charge in [0.1, 0.15) is 0 Å². The van der Waals surface area contributed by atoms with Crippen LogP contribution in [0.4, 0.5) is 5.69 Å². The van der Waals surface area contributed by atoms with Crippen molar-refractivity contribution in [3.05, 3.63) is 42.0 Å². The summed E-state index contributed by atoms with van der Waals surface area (Å²) in [7, 11) is 4.04. The van der Waals surface area contributed by atoms with Gasteiger partial charge in [-0.2, -0.15) is 0 Å². The fourth-order valence-electron chi connectivity index (χ4n) is 1.39. The Morgan fingerprint density at radius 3 is 2.57 bits per heavy atom. The maximum Gasteiger partial charge on any atom is 0.0481 e. The van der Waals surface area contributed by atoms with Crippen LogP contribution in [0.25, 0.3) is 0 Å². The second-order valence-corrected chi connectivity index (χ2v) is 3.70. The number of nitrogens with zero attached hydrogens (tertiary/aromatic N) is 1. The van der Waals surface area contributed by atoms with E-state index >= 15 is 0 Å². The highest BCUT2D eigenvalue weighted by molar-refractivity contribution is 5.51. The Labute approximate surface area is 86.0 Å². The maximum absolute atomic E-state index is 5.93. The molecule has 1 aromatic rings. The molecule has 0 radical (unpaired) electrons. The van der Waals surface area contributed by atoms with Crippen LogP contribution in [0.1, 0.15) is 17.2 Å². The standard InChI is InChI=1S/C12H18N2/c1-5-12(13)11-8-10(14(3)4)7-6-9(11)2/h5-8,12H,1,13H2,2-4H3. The Morgan fingerprint density at radius 2 is 2.07 bits per heavy atom. The van der Waals surface area contributed by atoms with Crippen LogP contribution in [0.3, 0.4) is 0 Å². The number of hydrogen-bond acceptors (Lipinski definition) is 2. The Bertz CT molecular complexity index is 329. The molecule has 0 saturated heterocycles. The van der Waals surface area contributed by atoms with Gasteiger partial charge in [-0.3, -0.25) is 0 Å². The van der Waals surface area contributed by atoms with Crippen LogP contribution in [0, 0.1) is 6.92 Å². The largest absolute Gasteiger partial charge is 0.378 e. The highest BCUT2D eigenvalue weighted by atomic mass is 15.1. The Balaban J connectivity index is 3.14. The molecule has 0 bridgehead atoms. The summed E-state index contributed by atoms with van der Waals surface area (Å²) in [5, 5.41) is 0. The van der Waals surface area contributed by atoms with E-state index in [1.54, 1.807) is 6.08 Å². The van der Waals surface area contributed by atoms with E-state index in [0.29, 0.717) is 0 Å². The Hall–Kier alpha value is -1.28. The predicted molar refractivity (Wildman–Crippen MR) is 62.6 cm³/mol. The first-order chi connectivity index (χ1) is 6.56. The SMILES string of the molecule is C=CC(N)c1cc(N(C)C)ccc1C. The van der Waals surface area contributed by atoms with Gasteiger partial charge >= 0.3 is 0 Å². The van der Waals surface area contributed by atoms with Gasteiger partial charge in [0.2, 0.25) is 0 Å². The van der Waals surface area contributed by atoms with Gasteiger partial charge in [0.15, 0.2) is 0 Å². The Morgan fingerprint density at radius 1 is 1.43 bits per heavy atom. The third-order valence-electron chi connectivity index (χ3n) is 2.39. The van der Waals surface area contributed by atoms with Gasteiger partial charge in [-0.15, -0.1) is 6.58 Å². The van der Waals surface area contributed by atoms with Gasteiger partial charge in [0.25, 0.3) is 0 Å². The van der Waals surface area contributed by atoms with Gasteiger partial charge in [0.05, 0.1) is 0 Å². The lowest BCUT2D eigenvalue weighted by Crippen LogP contribution is -2.12. The molecule has 0 heterocycles. The summed E-state index contributed by atoms with van der Waals surface area (Å²) < 4.78 is 0. The van der Waals surface area contributed by atoms with Crippen LogP contribution in [0.15, 0.2) is 30.9 Å². The monoisotopic (exact) mass is 190 g/mol. The molecule has 76 valence electrons. The quantitative estimate of drug-likeness (QED) is 0.741. The van der Waals surface area contributed by atoms with E-state index in [1.807, 2.05) is 14.1 Å². The molecule has 0 spiro atoms. The molecule has 0 aromatic heterocycles. The Kier molecular flexibility index (Phi) is 3.31. The molecule has 2 N–H and O–H groups in total. The molecule has 1 rings (SSSR count). The molecular weight excluding hydrogens is 172 g/mol. The van der Waals surface area contributed by atoms with Gasteiger partial charge in [-0.1, -0.05) is 12.1 Å². The summed E-state index contributed by atoms with van der Waals surface area (Å²) in [5.41, 5.74) is 9.45. The van der Waals surface area contributed by atoms with E-state index < -0.39 is 0 Å². The first-order valence-electron chi connectivity index (χ1n) is 4.72. The zero-order chi connectivity index (χ0) is 10.7. The van der Waals surface area contributed by atoms with E-state index in [-0.39, 0.29) is 6.04 Å². The fraction of sp³-hybridized carbons (Fsp3) is 0.333. The summed E-state index contributed by atoms with van der Waals surface area (Å²) in [5.74, 6) is 0. The molecular formula is C12H18N2. The van der Waals surface area contributed by atoms with Crippen molar-refractivity contribution in [2.24, 2.45) is 5.73 Å². The molecule has 0 aliphatic heterocycles. The van der Waals surface area contributed by atoms with Gasteiger partial charge in [-0.25, -0.2) is 0 Å². The van der Waals surface area contributed by atoms with E-state index in [2.05, 4.69) is 36.6 Å². The molecule has 0 amide bonds. The topological polar surface area (TPSA) is 29.3 Å².